The highest BCUT2D eigenvalue weighted by Crippen LogP contribution is 2.17. The minimum Gasteiger partial charge on any atom is -0.325 e. The molecule has 9 heteroatoms. The summed E-state index contributed by atoms with van der Waals surface area (Å²) in [5.74, 6) is -1.17. The van der Waals surface area contributed by atoms with Gasteiger partial charge in [0.1, 0.15) is 17.1 Å². The Morgan fingerprint density at radius 3 is 2.56 bits per heavy atom. The summed E-state index contributed by atoms with van der Waals surface area (Å²) in [6.07, 6.45) is 0. The summed E-state index contributed by atoms with van der Waals surface area (Å²) in [7, 11) is 0. The van der Waals surface area contributed by atoms with Crippen molar-refractivity contribution in [2.45, 2.75) is 20.0 Å². The summed E-state index contributed by atoms with van der Waals surface area (Å²) in [5, 5.41) is 4.32. The molecule has 2 aromatic carbocycles. The van der Waals surface area contributed by atoms with Crippen LogP contribution in [0.25, 0.3) is 10.2 Å². The van der Waals surface area contributed by atoms with Gasteiger partial charge in [-0.05, 0) is 36.6 Å². The van der Waals surface area contributed by atoms with Gasteiger partial charge in [-0.25, -0.2) is 9.18 Å². The Balaban J connectivity index is 1.70. The van der Waals surface area contributed by atoms with Gasteiger partial charge in [0.2, 0.25) is 5.91 Å². The van der Waals surface area contributed by atoms with E-state index in [2.05, 4.69) is 5.32 Å². The molecule has 0 unspecified atom stereocenters. The van der Waals surface area contributed by atoms with Gasteiger partial charge in [-0.3, -0.25) is 23.5 Å². The number of Topliss-reactive ketones (excluding diaryl/α,β-unsaturated/α-hetero) is 1. The van der Waals surface area contributed by atoms with Gasteiger partial charge in [0, 0.05) is 16.8 Å². The fraction of sp³-hybridized carbons (Fsp3) is 0.130. The van der Waals surface area contributed by atoms with E-state index in [9.17, 15) is 23.6 Å². The van der Waals surface area contributed by atoms with E-state index < -0.39 is 23.0 Å². The number of carbonyl (C=O) groups excluding carboxylic acids is 2. The molecule has 0 aliphatic rings. The van der Waals surface area contributed by atoms with Gasteiger partial charge in [-0.15, -0.1) is 11.3 Å². The van der Waals surface area contributed by atoms with E-state index in [1.165, 1.54) is 29.7 Å². The van der Waals surface area contributed by atoms with Crippen LogP contribution in [0, 0.1) is 5.82 Å². The van der Waals surface area contributed by atoms with Crippen molar-refractivity contribution in [2.75, 3.05) is 5.32 Å². The largest absolute Gasteiger partial charge is 0.332 e. The quantitative estimate of drug-likeness (QED) is 0.456. The fourth-order valence-electron chi connectivity index (χ4n) is 3.38. The van der Waals surface area contributed by atoms with Crippen LogP contribution < -0.4 is 16.6 Å². The van der Waals surface area contributed by atoms with Gasteiger partial charge < -0.3 is 5.32 Å². The predicted molar refractivity (Wildman–Crippen MR) is 121 cm³/mol. The second-order valence-corrected chi connectivity index (χ2v) is 8.09. The molecule has 0 radical (unpaired) electrons. The van der Waals surface area contributed by atoms with E-state index in [0.717, 1.165) is 15.9 Å². The predicted octanol–water partition coefficient (Wildman–Crippen LogP) is 3.25. The molecule has 0 spiro atoms. The highest BCUT2D eigenvalue weighted by Gasteiger charge is 2.18. The van der Waals surface area contributed by atoms with Crippen LogP contribution in [0.3, 0.4) is 0 Å². The number of amides is 1. The second kappa shape index (κ2) is 8.72. The van der Waals surface area contributed by atoms with Crippen LogP contribution in [-0.4, -0.2) is 20.8 Å². The Morgan fingerprint density at radius 1 is 1.03 bits per heavy atom. The van der Waals surface area contributed by atoms with Crippen LogP contribution in [0.15, 0.2) is 69.6 Å². The number of carbonyl (C=O) groups is 2. The highest BCUT2D eigenvalue weighted by atomic mass is 32.1. The van der Waals surface area contributed by atoms with Crippen LogP contribution in [0.2, 0.25) is 0 Å². The Labute approximate surface area is 185 Å². The summed E-state index contributed by atoms with van der Waals surface area (Å²) in [6.45, 7) is 0.820. The number of halogens is 1. The zero-order valence-electron chi connectivity index (χ0n) is 17.0. The summed E-state index contributed by atoms with van der Waals surface area (Å²) >= 11 is 1.15. The van der Waals surface area contributed by atoms with Crippen molar-refractivity contribution in [1.82, 2.24) is 9.13 Å². The van der Waals surface area contributed by atoms with Crippen molar-refractivity contribution in [2.24, 2.45) is 0 Å². The van der Waals surface area contributed by atoms with E-state index in [-0.39, 0.29) is 24.4 Å². The number of thiophene rings is 1. The number of anilines is 1. The van der Waals surface area contributed by atoms with Gasteiger partial charge >= 0.3 is 5.69 Å². The Hall–Kier alpha value is -3.85. The molecule has 4 rings (SSSR count). The van der Waals surface area contributed by atoms with Gasteiger partial charge in [0.25, 0.3) is 5.56 Å². The maximum Gasteiger partial charge on any atom is 0.332 e. The molecule has 0 bridgehead atoms. The van der Waals surface area contributed by atoms with Crippen molar-refractivity contribution < 1.29 is 14.0 Å². The van der Waals surface area contributed by atoms with Crippen LogP contribution in [0.1, 0.15) is 22.8 Å². The van der Waals surface area contributed by atoms with E-state index in [0.29, 0.717) is 21.5 Å². The lowest BCUT2D eigenvalue weighted by molar-refractivity contribution is -0.116. The monoisotopic (exact) mass is 451 g/mol. The molecule has 0 saturated carbocycles. The number of aromatic nitrogens is 2. The Morgan fingerprint density at radius 2 is 1.81 bits per heavy atom. The first kappa shape index (κ1) is 21.4. The third-order valence-electron chi connectivity index (χ3n) is 4.98. The minimum absolute atomic E-state index is 0.141. The van der Waals surface area contributed by atoms with Crippen molar-refractivity contribution in [1.29, 1.82) is 0 Å². The number of ketones is 1. The zero-order chi connectivity index (χ0) is 22.8. The van der Waals surface area contributed by atoms with Crippen molar-refractivity contribution >= 4 is 38.9 Å². The number of nitrogens with zero attached hydrogens (tertiary/aromatic N) is 2. The van der Waals surface area contributed by atoms with Crippen molar-refractivity contribution in [3.63, 3.8) is 0 Å². The summed E-state index contributed by atoms with van der Waals surface area (Å²) in [4.78, 5) is 50.2. The molecule has 0 aliphatic carbocycles. The van der Waals surface area contributed by atoms with E-state index in [1.807, 2.05) is 0 Å². The number of hydrogen-bond donors (Lipinski definition) is 1. The molecule has 4 aromatic rings. The lowest BCUT2D eigenvalue weighted by atomic mass is 10.1. The number of hydrogen-bond acceptors (Lipinski definition) is 5. The van der Waals surface area contributed by atoms with Crippen LogP contribution in [0.5, 0.6) is 0 Å². The van der Waals surface area contributed by atoms with E-state index in [4.69, 9.17) is 0 Å². The molecular weight excluding hydrogens is 433 g/mol. The number of benzene rings is 2. The average Bonchev–Trinajstić information content (AvgIpc) is 3.25. The van der Waals surface area contributed by atoms with Crippen LogP contribution in [0.4, 0.5) is 10.1 Å². The third-order valence-corrected chi connectivity index (χ3v) is 5.87. The maximum atomic E-state index is 14.1. The van der Waals surface area contributed by atoms with E-state index in [1.54, 1.807) is 41.8 Å². The standard InChI is InChI=1S/C23H18FN3O4S/c1-14(28)15-6-4-7-17(11-15)25-20(29)13-26-19-9-10-32-21(19)22(30)27(23(26)31)12-16-5-2-3-8-18(16)24/h2-11H,12-13H2,1H3,(H,25,29). The molecule has 0 fully saturated rings. The molecule has 162 valence electrons. The second-order valence-electron chi connectivity index (χ2n) is 7.17. The topological polar surface area (TPSA) is 90.2 Å². The lowest BCUT2D eigenvalue weighted by Crippen LogP contribution is -2.41. The highest BCUT2D eigenvalue weighted by molar-refractivity contribution is 7.17. The number of nitrogens with one attached hydrogen (secondary N) is 1. The number of fused-ring (bicyclic) bond motifs is 1. The zero-order valence-corrected chi connectivity index (χ0v) is 17.8. The number of rotatable bonds is 6. The lowest BCUT2D eigenvalue weighted by Gasteiger charge is -2.13. The molecule has 2 heterocycles. The smallest absolute Gasteiger partial charge is 0.325 e. The molecule has 2 aromatic heterocycles. The summed E-state index contributed by atoms with van der Waals surface area (Å²) < 4.78 is 16.5. The summed E-state index contributed by atoms with van der Waals surface area (Å²) in [5.41, 5.74) is 0.142. The van der Waals surface area contributed by atoms with Crippen LogP contribution >= 0.6 is 11.3 Å². The minimum atomic E-state index is -0.711. The van der Waals surface area contributed by atoms with Gasteiger partial charge in [-0.2, -0.15) is 0 Å². The molecular formula is C23H18FN3O4S. The molecule has 1 N–H and O–H groups in total. The average molecular weight is 451 g/mol. The molecule has 0 atom stereocenters. The molecule has 32 heavy (non-hydrogen) atoms. The van der Waals surface area contributed by atoms with Crippen molar-refractivity contribution in [3.8, 4) is 0 Å². The molecule has 0 saturated heterocycles. The SMILES string of the molecule is CC(=O)c1cccc(NC(=O)Cn2c(=O)n(Cc3ccccc3F)c(=O)c3sccc32)c1. The maximum absolute atomic E-state index is 14.1. The Kier molecular flexibility index (Phi) is 5.83. The van der Waals surface area contributed by atoms with Crippen molar-refractivity contribution in [3.05, 3.63) is 97.8 Å². The first-order chi connectivity index (χ1) is 15.3. The molecule has 1 amide bonds. The fourth-order valence-corrected chi connectivity index (χ4v) is 4.23. The first-order valence-electron chi connectivity index (χ1n) is 9.70. The van der Waals surface area contributed by atoms with Gasteiger partial charge in [0.15, 0.2) is 5.78 Å². The van der Waals surface area contributed by atoms with E-state index >= 15 is 0 Å². The Bertz CT molecular complexity index is 1470. The normalized spacial score (nSPS) is 10.9. The third kappa shape index (κ3) is 4.15. The molecule has 7 nitrogen and oxygen atoms in total. The summed E-state index contributed by atoms with van der Waals surface area (Å²) in [6, 6.07) is 13.9. The van der Waals surface area contributed by atoms with Gasteiger partial charge in [-0.1, -0.05) is 30.3 Å². The molecule has 0 aliphatic heterocycles. The van der Waals surface area contributed by atoms with Gasteiger partial charge in [0.05, 0.1) is 12.1 Å². The first-order valence-corrected chi connectivity index (χ1v) is 10.6. The van der Waals surface area contributed by atoms with Crippen LogP contribution in [-0.2, 0) is 17.9 Å².